The molecule has 0 atom stereocenters. The van der Waals surface area contributed by atoms with Crippen LogP contribution in [0.25, 0.3) is 22.4 Å². The first kappa shape index (κ1) is 20.1. The average molecular weight is 443 g/mol. The number of aromatic nitrogens is 1. The molecule has 1 aliphatic heterocycles. The van der Waals surface area contributed by atoms with Gasteiger partial charge in [0.25, 0.3) is 11.8 Å². The Bertz CT molecular complexity index is 1320. The molecule has 4 nitrogen and oxygen atoms in total. The molecule has 3 aromatic carbocycles. The Morgan fingerprint density at radius 1 is 0.781 bits per heavy atom. The second-order valence-corrected chi connectivity index (χ2v) is 7.93. The summed E-state index contributed by atoms with van der Waals surface area (Å²) in [5.74, 6) is -0.966. The molecule has 0 radical (unpaired) electrons. The lowest BCUT2D eigenvalue weighted by atomic mass is 9.97. The zero-order chi connectivity index (χ0) is 22.2. The van der Waals surface area contributed by atoms with Gasteiger partial charge >= 0.3 is 0 Å². The minimum absolute atomic E-state index is 0.101. The van der Waals surface area contributed by atoms with Crippen LogP contribution >= 0.6 is 11.6 Å². The molecule has 156 valence electrons. The topological polar surface area (TPSA) is 50.3 Å². The van der Waals surface area contributed by atoms with Gasteiger partial charge in [0, 0.05) is 22.3 Å². The number of pyridine rings is 1. The number of rotatable bonds is 4. The molecular formula is C26H16ClFN2O2. The van der Waals surface area contributed by atoms with Crippen LogP contribution in [0.1, 0.15) is 26.3 Å². The van der Waals surface area contributed by atoms with Gasteiger partial charge in [-0.25, -0.2) is 4.39 Å². The molecule has 0 fully saturated rings. The van der Waals surface area contributed by atoms with Crippen molar-refractivity contribution in [3.05, 3.63) is 113 Å². The van der Waals surface area contributed by atoms with Gasteiger partial charge in [-0.15, -0.1) is 0 Å². The van der Waals surface area contributed by atoms with Crippen molar-refractivity contribution in [1.82, 2.24) is 9.88 Å². The largest absolute Gasteiger partial charge is 0.270 e. The van der Waals surface area contributed by atoms with E-state index in [2.05, 4.69) is 4.98 Å². The molecule has 0 saturated heterocycles. The monoisotopic (exact) mass is 442 g/mol. The van der Waals surface area contributed by atoms with Crippen molar-refractivity contribution in [3.63, 3.8) is 0 Å². The Morgan fingerprint density at radius 3 is 2.00 bits per heavy atom. The molecule has 0 bridgehead atoms. The second kappa shape index (κ2) is 8.02. The van der Waals surface area contributed by atoms with Gasteiger partial charge in [-0.1, -0.05) is 35.9 Å². The zero-order valence-corrected chi connectivity index (χ0v) is 17.5. The summed E-state index contributed by atoms with van der Waals surface area (Å²) in [5, 5.41) is 0.604. The SMILES string of the molecule is O=C1c2ccccc2C(=O)N1Cc1cnc(-c2ccc(F)cc2)c(-c2ccc(Cl)cc2)c1. The normalized spacial score (nSPS) is 12.9. The van der Waals surface area contributed by atoms with E-state index in [1.807, 2.05) is 18.2 Å². The standard InChI is InChI=1S/C26H16ClFN2O2/c27-19-9-5-17(6-10-19)23-13-16(14-29-24(23)18-7-11-20(28)12-8-18)15-30-25(31)21-3-1-2-4-22(21)26(30)32/h1-14H,15H2. The smallest absolute Gasteiger partial charge is 0.261 e. The van der Waals surface area contributed by atoms with E-state index in [1.165, 1.54) is 17.0 Å². The molecule has 6 heteroatoms. The third kappa shape index (κ3) is 3.57. The van der Waals surface area contributed by atoms with Crippen LogP contribution in [0.4, 0.5) is 4.39 Å². The number of amides is 2. The Kier molecular flexibility index (Phi) is 5.04. The number of halogens is 2. The van der Waals surface area contributed by atoms with Gasteiger partial charge in [0.2, 0.25) is 0 Å². The fourth-order valence-corrected chi connectivity index (χ4v) is 3.97. The van der Waals surface area contributed by atoms with E-state index >= 15 is 0 Å². The summed E-state index contributed by atoms with van der Waals surface area (Å²) in [6, 6.07) is 22.1. The number of hydrogen-bond donors (Lipinski definition) is 0. The van der Waals surface area contributed by atoms with Crippen molar-refractivity contribution < 1.29 is 14.0 Å². The number of benzene rings is 3. The number of fused-ring (bicyclic) bond motifs is 1. The Hall–Kier alpha value is -3.83. The fourth-order valence-electron chi connectivity index (χ4n) is 3.85. The number of carbonyl (C=O) groups is 2. The third-order valence-electron chi connectivity index (χ3n) is 5.44. The summed E-state index contributed by atoms with van der Waals surface area (Å²) in [5.41, 5.74) is 4.60. The van der Waals surface area contributed by atoms with Gasteiger partial charge in [0.05, 0.1) is 23.4 Å². The van der Waals surface area contributed by atoms with Gasteiger partial charge in [0.15, 0.2) is 0 Å². The van der Waals surface area contributed by atoms with Crippen molar-refractivity contribution in [3.8, 4) is 22.4 Å². The minimum atomic E-state index is -0.330. The maximum Gasteiger partial charge on any atom is 0.261 e. The first-order chi connectivity index (χ1) is 15.5. The molecule has 0 N–H and O–H groups in total. The number of imide groups is 1. The zero-order valence-electron chi connectivity index (χ0n) is 16.8. The van der Waals surface area contributed by atoms with E-state index in [9.17, 15) is 14.0 Å². The molecule has 1 aromatic heterocycles. The van der Waals surface area contributed by atoms with E-state index in [0.717, 1.165) is 16.7 Å². The highest BCUT2D eigenvalue weighted by molar-refractivity contribution is 6.30. The molecule has 4 aromatic rings. The van der Waals surface area contributed by atoms with Crippen LogP contribution in [0, 0.1) is 5.82 Å². The average Bonchev–Trinajstić information content (AvgIpc) is 3.05. The predicted octanol–water partition coefficient (Wildman–Crippen LogP) is 6.00. The van der Waals surface area contributed by atoms with Crippen molar-refractivity contribution in [1.29, 1.82) is 0 Å². The Morgan fingerprint density at radius 2 is 1.38 bits per heavy atom. The third-order valence-corrected chi connectivity index (χ3v) is 5.69. The molecule has 2 amide bonds. The van der Waals surface area contributed by atoms with E-state index in [1.54, 1.807) is 54.7 Å². The van der Waals surface area contributed by atoms with Crippen molar-refractivity contribution >= 4 is 23.4 Å². The summed E-state index contributed by atoms with van der Waals surface area (Å²) in [4.78, 5) is 31.4. The van der Waals surface area contributed by atoms with Crippen LogP contribution in [0.2, 0.25) is 5.02 Å². The Balaban J connectivity index is 1.55. The quantitative estimate of drug-likeness (QED) is 0.364. The number of carbonyl (C=O) groups excluding carboxylic acids is 2. The molecule has 5 rings (SSSR count). The lowest BCUT2D eigenvalue weighted by Crippen LogP contribution is -2.29. The van der Waals surface area contributed by atoms with Crippen LogP contribution in [-0.2, 0) is 6.54 Å². The minimum Gasteiger partial charge on any atom is -0.270 e. The first-order valence-corrected chi connectivity index (χ1v) is 10.3. The molecule has 0 aliphatic carbocycles. The first-order valence-electron chi connectivity index (χ1n) is 9.97. The summed E-state index contributed by atoms with van der Waals surface area (Å²) >= 11 is 6.06. The maximum absolute atomic E-state index is 13.4. The molecule has 32 heavy (non-hydrogen) atoms. The van der Waals surface area contributed by atoms with Crippen LogP contribution in [-0.4, -0.2) is 21.7 Å². The molecule has 0 spiro atoms. The van der Waals surface area contributed by atoms with Crippen molar-refractivity contribution in [2.24, 2.45) is 0 Å². The summed E-state index contributed by atoms with van der Waals surface area (Å²) in [7, 11) is 0. The predicted molar refractivity (Wildman–Crippen MR) is 121 cm³/mol. The highest BCUT2D eigenvalue weighted by atomic mass is 35.5. The molecule has 1 aliphatic rings. The van der Waals surface area contributed by atoms with Gasteiger partial charge < -0.3 is 0 Å². The lowest BCUT2D eigenvalue weighted by molar-refractivity contribution is 0.0642. The van der Waals surface area contributed by atoms with Crippen molar-refractivity contribution in [2.45, 2.75) is 6.54 Å². The van der Waals surface area contributed by atoms with E-state index in [-0.39, 0.29) is 24.2 Å². The number of hydrogen-bond acceptors (Lipinski definition) is 3. The molecule has 0 saturated carbocycles. The fraction of sp³-hybridized carbons (Fsp3) is 0.0385. The summed E-state index contributed by atoms with van der Waals surface area (Å²) in [6.45, 7) is 0.101. The van der Waals surface area contributed by atoms with Gasteiger partial charge in [0.1, 0.15) is 5.82 Å². The summed E-state index contributed by atoms with van der Waals surface area (Å²) in [6.07, 6.45) is 1.64. The van der Waals surface area contributed by atoms with Crippen LogP contribution in [0.3, 0.4) is 0 Å². The van der Waals surface area contributed by atoms with Crippen LogP contribution < -0.4 is 0 Å². The molecule has 0 unspecified atom stereocenters. The Labute approximate surface area is 188 Å². The highest BCUT2D eigenvalue weighted by Crippen LogP contribution is 2.33. The van der Waals surface area contributed by atoms with Crippen LogP contribution in [0.5, 0.6) is 0 Å². The van der Waals surface area contributed by atoms with E-state index in [0.29, 0.717) is 27.4 Å². The van der Waals surface area contributed by atoms with Crippen molar-refractivity contribution in [2.75, 3.05) is 0 Å². The maximum atomic E-state index is 13.4. The van der Waals surface area contributed by atoms with Gasteiger partial charge in [-0.05, 0) is 65.7 Å². The van der Waals surface area contributed by atoms with Gasteiger partial charge in [-0.3, -0.25) is 19.5 Å². The molecular weight excluding hydrogens is 427 g/mol. The van der Waals surface area contributed by atoms with Crippen LogP contribution in [0.15, 0.2) is 85.1 Å². The highest BCUT2D eigenvalue weighted by Gasteiger charge is 2.35. The summed E-state index contributed by atoms with van der Waals surface area (Å²) < 4.78 is 13.4. The molecule has 2 heterocycles. The van der Waals surface area contributed by atoms with E-state index < -0.39 is 0 Å². The lowest BCUT2D eigenvalue weighted by Gasteiger charge is -2.16. The van der Waals surface area contributed by atoms with Gasteiger partial charge in [-0.2, -0.15) is 0 Å². The second-order valence-electron chi connectivity index (χ2n) is 7.50. The number of nitrogens with zero attached hydrogens (tertiary/aromatic N) is 2. The van der Waals surface area contributed by atoms with E-state index in [4.69, 9.17) is 11.6 Å².